The number of nitrogen functional groups attached to an aromatic ring is 1. The molecule has 34 heavy (non-hydrogen) atoms. The second kappa shape index (κ2) is 8.75. The van der Waals surface area contributed by atoms with Crippen molar-refractivity contribution in [2.75, 3.05) is 12.3 Å². The lowest BCUT2D eigenvalue weighted by atomic mass is 10.1. The molecule has 0 radical (unpaired) electrons. The Bertz CT molecular complexity index is 1320. The number of furan rings is 1. The third-order valence-electron chi connectivity index (χ3n) is 5.84. The molecule has 2 aromatic carbocycles. The van der Waals surface area contributed by atoms with Crippen molar-refractivity contribution in [3.63, 3.8) is 0 Å². The lowest BCUT2D eigenvalue weighted by Gasteiger charge is -2.23. The average molecular weight is 464 g/mol. The molecular formula is C25H22F2N4O3. The third-order valence-corrected chi connectivity index (χ3v) is 5.84. The topological polar surface area (TPSA) is 86.5 Å². The number of benzene rings is 2. The molecule has 7 nitrogen and oxygen atoms in total. The molecule has 0 saturated carbocycles. The van der Waals surface area contributed by atoms with Crippen LogP contribution in [0.3, 0.4) is 0 Å². The van der Waals surface area contributed by atoms with Gasteiger partial charge in [0, 0.05) is 29.6 Å². The molecule has 3 heterocycles. The first kappa shape index (κ1) is 21.8. The number of anilines is 1. The lowest BCUT2D eigenvalue weighted by molar-refractivity contribution is -0.130. The van der Waals surface area contributed by atoms with Gasteiger partial charge in [0.1, 0.15) is 23.4 Å². The highest BCUT2D eigenvalue weighted by Crippen LogP contribution is 2.37. The van der Waals surface area contributed by atoms with Crippen LogP contribution in [0.15, 0.2) is 71.7 Å². The Morgan fingerprint density at radius 3 is 2.62 bits per heavy atom. The van der Waals surface area contributed by atoms with Gasteiger partial charge >= 0.3 is 0 Å². The van der Waals surface area contributed by atoms with Gasteiger partial charge < -0.3 is 19.8 Å². The van der Waals surface area contributed by atoms with Crippen LogP contribution >= 0.6 is 0 Å². The predicted octanol–water partition coefficient (Wildman–Crippen LogP) is 4.48. The molecule has 9 heteroatoms. The molecular weight excluding hydrogens is 442 g/mol. The standard InChI is InChI=1S/C25H22F2N4O3/c1-15-24(32)30(10-8-16-2-5-19(28)12-22(16)27)25(34-15)21-13-31(20-6-3-18(26)4-7-20)29-23(21)17-9-11-33-14-17/h2-7,9,11-15,25H,8,10,28H2,1H3/t15-,25+/m1/s1. The van der Waals surface area contributed by atoms with Crippen LogP contribution in [-0.4, -0.2) is 33.2 Å². The zero-order valence-electron chi connectivity index (χ0n) is 18.3. The number of aromatic nitrogens is 2. The molecule has 0 bridgehead atoms. The number of ether oxygens (including phenoxy) is 1. The molecule has 1 aliphatic rings. The minimum atomic E-state index is -0.738. The summed E-state index contributed by atoms with van der Waals surface area (Å²) in [5.74, 6) is -0.972. The second-order valence-electron chi connectivity index (χ2n) is 8.13. The maximum Gasteiger partial charge on any atom is 0.253 e. The van der Waals surface area contributed by atoms with Gasteiger partial charge in [0.25, 0.3) is 5.91 Å². The first-order valence-electron chi connectivity index (χ1n) is 10.8. The van der Waals surface area contributed by atoms with E-state index in [1.807, 2.05) is 0 Å². The van der Waals surface area contributed by atoms with E-state index in [0.717, 1.165) is 0 Å². The number of carbonyl (C=O) groups excluding carboxylic acids is 1. The molecule has 2 aromatic heterocycles. The molecule has 5 rings (SSSR count). The SMILES string of the molecule is C[C@H]1O[C@@H](c2cn(-c3ccc(F)cc3)nc2-c2ccoc2)N(CCc2ccc(N)cc2F)C1=O. The average Bonchev–Trinajstić information content (AvgIpc) is 3.54. The fourth-order valence-electron chi connectivity index (χ4n) is 4.07. The molecule has 174 valence electrons. The highest BCUT2D eigenvalue weighted by molar-refractivity contribution is 5.83. The first-order valence-corrected chi connectivity index (χ1v) is 10.8. The number of hydrogen-bond acceptors (Lipinski definition) is 5. The summed E-state index contributed by atoms with van der Waals surface area (Å²) in [5, 5.41) is 4.67. The largest absolute Gasteiger partial charge is 0.472 e. The molecule has 0 aliphatic carbocycles. The Morgan fingerprint density at radius 1 is 1.12 bits per heavy atom. The second-order valence-corrected chi connectivity index (χ2v) is 8.13. The maximum absolute atomic E-state index is 14.3. The molecule has 2 N–H and O–H groups in total. The highest BCUT2D eigenvalue weighted by Gasteiger charge is 2.40. The van der Waals surface area contributed by atoms with Gasteiger partial charge in [-0.1, -0.05) is 6.07 Å². The molecule has 0 spiro atoms. The number of carbonyl (C=O) groups is 1. The van der Waals surface area contributed by atoms with Gasteiger partial charge in [-0.15, -0.1) is 0 Å². The van der Waals surface area contributed by atoms with Gasteiger partial charge in [-0.2, -0.15) is 5.10 Å². The van der Waals surface area contributed by atoms with Crippen molar-refractivity contribution in [1.29, 1.82) is 0 Å². The van der Waals surface area contributed by atoms with Crippen molar-refractivity contribution < 1.29 is 22.7 Å². The minimum Gasteiger partial charge on any atom is -0.472 e. The van der Waals surface area contributed by atoms with E-state index < -0.39 is 18.1 Å². The van der Waals surface area contributed by atoms with Crippen molar-refractivity contribution >= 4 is 11.6 Å². The quantitative estimate of drug-likeness (QED) is 0.425. The Balaban J connectivity index is 1.51. The highest BCUT2D eigenvalue weighted by atomic mass is 19.1. The molecule has 1 aliphatic heterocycles. The van der Waals surface area contributed by atoms with Crippen molar-refractivity contribution in [2.24, 2.45) is 0 Å². The van der Waals surface area contributed by atoms with E-state index in [-0.39, 0.29) is 24.7 Å². The Kier molecular flexibility index (Phi) is 5.62. The number of halogens is 2. The molecule has 2 atom stereocenters. The minimum absolute atomic E-state index is 0.200. The summed E-state index contributed by atoms with van der Waals surface area (Å²) < 4.78 is 40.6. The molecule has 1 fully saturated rings. The summed E-state index contributed by atoms with van der Waals surface area (Å²) in [4.78, 5) is 14.5. The summed E-state index contributed by atoms with van der Waals surface area (Å²) in [6.45, 7) is 1.92. The zero-order valence-corrected chi connectivity index (χ0v) is 18.3. The Hall–Kier alpha value is -3.98. The van der Waals surface area contributed by atoms with Gasteiger partial charge in [0.2, 0.25) is 0 Å². The van der Waals surface area contributed by atoms with Crippen molar-refractivity contribution in [3.8, 4) is 16.9 Å². The number of hydrogen-bond donors (Lipinski definition) is 1. The summed E-state index contributed by atoms with van der Waals surface area (Å²) in [6, 6.07) is 12.2. The van der Waals surface area contributed by atoms with E-state index >= 15 is 0 Å². The Morgan fingerprint density at radius 2 is 1.91 bits per heavy atom. The summed E-state index contributed by atoms with van der Waals surface area (Å²) in [5.41, 5.74) is 8.99. The normalized spacial score (nSPS) is 18.1. The van der Waals surface area contributed by atoms with Crippen LogP contribution in [0.25, 0.3) is 16.9 Å². The van der Waals surface area contributed by atoms with E-state index in [0.29, 0.717) is 33.8 Å². The van der Waals surface area contributed by atoms with Crippen LogP contribution in [0, 0.1) is 11.6 Å². The summed E-state index contributed by atoms with van der Waals surface area (Å²) >= 11 is 0. The molecule has 0 unspecified atom stereocenters. The van der Waals surface area contributed by atoms with Crippen molar-refractivity contribution in [2.45, 2.75) is 25.7 Å². The van der Waals surface area contributed by atoms with Crippen molar-refractivity contribution in [3.05, 3.63) is 90.0 Å². The van der Waals surface area contributed by atoms with Gasteiger partial charge in [-0.3, -0.25) is 4.79 Å². The smallest absolute Gasteiger partial charge is 0.253 e. The molecule has 1 saturated heterocycles. The van der Waals surface area contributed by atoms with Gasteiger partial charge in [-0.25, -0.2) is 13.5 Å². The van der Waals surface area contributed by atoms with Crippen LogP contribution in [-0.2, 0) is 16.0 Å². The van der Waals surface area contributed by atoms with Gasteiger partial charge in [0.15, 0.2) is 6.23 Å². The number of amides is 1. The fourth-order valence-corrected chi connectivity index (χ4v) is 4.07. The van der Waals surface area contributed by atoms with Crippen molar-refractivity contribution in [1.82, 2.24) is 14.7 Å². The van der Waals surface area contributed by atoms with Crippen LogP contribution < -0.4 is 5.73 Å². The van der Waals surface area contributed by atoms with E-state index in [1.54, 1.807) is 59.3 Å². The zero-order chi connectivity index (χ0) is 23.8. The fraction of sp³-hybridized carbons (Fsp3) is 0.200. The molecule has 4 aromatic rings. The molecule has 1 amide bonds. The van der Waals surface area contributed by atoms with Crippen LogP contribution in [0.2, 0.25) is 0 Å². The summed E-state index contributed by atoms with van der Waals surface area (Å²) in [6.07, 6.45) is 3.71. The van der Waals surface area contributed by atoms with Crippen LogP contribution in [0.4, 0.5) is 14.5 Å². The monoisotopic (exact) mass is 464 g/mol. The van der Waals surface area contributed by atoms with E-state index in [2.05, 4.69) is 5.10 Å². The van der Waals surface area contributed by atoms with Crippen LogP contribution in [0.5, 0.6) is 0 Å². The number of nitrogens with two attached hydrogens (primary N) is 1. The van der Waals surface area contributed by atoms with Gasteiger partial charge in [0.05, 0.1) is 18.2 Å². The van der Waals surface area contributed by atoms with Gasteiger partial charge in [-0.05, 0) is 61.4 Å². The maximum atomic E-state index is 14.3. The van der Waals surface area contributed by atoms with E-state index in [1.165, 1.54) is 24.5 Å². The summed E-state index contributed by atoms with van der Waals surface area (Å²) in [7, 11) is 0. The third kappa shape index (κ3) is 4.06. The van der Waals surface area contributed by atoms with E-state index in [4.69, 9.17) is 14.9 Å². The Labute approximate surface area is 194 Å². The number of rotatable bonds is 6. The van der Waals surface area contributed by atoms with Crippen LogP contribution in [0.1, 0.15) is 24.3 Å². The lowest BCUT2D eigenvalue weighted by Crippen LogP contribution is -2.32. The predicted molar refractivity (Wildman–Crippen MR) is 121 cm³/mol. The first-order chi connectivity index (χ1) is 16.4. The van der Waals surface area contributed by atoms with E-state index in [9.17, 15) is 13.6 Å². The number of nitrogens with zero attached hydrogens (tertiary/aromatic N) is 3.